The van der Waals surface area contributed by atoms with Crippen molar-refractivity contribution in [3.05, 3.63) is 65.7 Å². The van der Waals surface area contributed by atoms with Crippen molar-refractivity contribution in [3.63, 3.8) is 0 Å². The molecule has 3 rings (SSSR count). The highest BCUT2D eigenvalue weighted by molar-refractivity contribution is 6.17. The minimum atomic E-state index is -4.64. The Kier molecular flexibility index (Phi) is 6.67. The Balaban J connectivity index is 2.08. The number of nitrogens with zero attached hydrogens (tertiary/aromatic N) is 2. The van der Waals surface area contributed by atoms with Gasteiger partial charge in [0.15, 0.2) is 5.78 Å². The quantitative estimate of drug-likeness (QED) is 0.383. The summed E-state index contributed by atoms with van der Waals surface area (Å²) in [6.45, 7) is -0.440. The third-order valence-corrected chi connectivity index (χ3v) is 4.86. The molecule has 0 aromatic heterocycles. The molecule has 0 bridgehead atoms. The van der Waals surface area contributed by atoms with Crippen LogP contribution in [0.15, 0.2) is 59.5 Å². The van der Waals surface area contributed by atoms with E-state index in [9.17, 15) is 22.8 Å². The largest absolute Gasteiger partial charge is 0.503 e. The van der Waals surface area contributed by atoms with Gasteiger partial charge in [-0.3, -0.25) is 4.79 Å². The van der Waals surface area contributed by atoms with Crippen molar-refractivity contribution in [2.45, 2.75) is 12.6 Å². The second-order valence-electron chi connectivity index (χ2n) is 7.20. The molecule has 0 atom stereocenters. The van der Waals surface area contributed by atoms with Gasteiger partial charge >= 0.3 is 12.1 Å². The number of carbonyl (C=O) groups is 2. The molecule has 0 fully saturated rings. The molecule has 2 aromatic rings. The molecule has 2 aromatic carbocycles. The average molecular weight is 446 g/mol. The van der Waals surface area contributed by atoms with Crippen LogP contribution in [-0.2, 0) is 25.5 Å². The number of carbonyl (C=O) groups excluding carboxylic acids is 2. The van der Waals surface area contributed by atoms with Crippen LogP contribution in [0, 0.1) is 0 Å². The topological polar surface area (TPSA) is 68.2 Å². The molecule has 9 heteroatoms. The normalized spacial score (nSPS) is 14.7. The van der Waals surface area contributed by atoms with Crippen molar-refractivity contribution >= 4 is 33.8 Å². The number of alkyl halides is 3. The summed E-state index contributed by atoms with van der Waals surface area (Å²) >= 11 is 0. The molecule has 1 heterocycles. The van der Waals surface area contributed by atoms with Crippen LogP contribution in [0.2, 0.25) is 0 Å². The van der Waals surface area contributed by atoms with Crippen LogP contribution in [0.3, 0.4) is 0 Å². The van der Waals surface area contributed by atoms with E-state index < -0.39 is 30.2 Å². The van der Waals surface area contributed by atoms with E-state index in [0.29, 0.717) is 11.1 Å². The third-order valence-electron chi connectivity index (χ3n) is 4.86. The van der Waals surface area contributed by atoms with Crippen molar-refractivity contribution in [1.82, 2.24) is 4.90 Å². The number of methoxy groups -OCH3 is 2. The Morgan fingerprint density at radius 3 is 2.41 bits per heavy atom. The third kappa shape index (κ3) is 4.99. The highest BCUT2D eigenvalue weighted by Crippen LogP contribution is 2.29. The Labute approximate surface area is 182 Å². The number of allylic oxidation sites excluding steroid dienone is 1. The van der Waals surface area contributed by atoms with Gasteiger partial charge < -0.3 is 14.4 Å². The van der Waals surface area contributed by atoms with Gasteiger partial charge in [-0.05, 0) is 28.0 Å². The first-order valence-corrected chi connectivity index (χ1v) is 9.57. The van der Waals surface area contributed by atoms with Crippen LogP contribution in [0.1, 0.15) is 11.1 Å². The van der Waals surface area contributed by atoms with Crippen LogP contribution < -0.4 is 0 Å². The summed E-state index contributed by atoms with van der Waals surface area (Å²) in [6, 6.07) is 10.7. The molecule has 1 aliphatic heterocycles. The van der Waals surface area contributed by atoms with Gasteiger partial charge in [0.1, 0.15) is 17.0 Å². The summed E-state index contributed by atoms with van der Waals surface area (Å²) in [4.78, 5) is 30.1. The SMILES string of the molecule is COC=C(C(=O)OC)c1cc2ccccc2cc1CC(=O)C1=CN(C)CC(C(F)(F)F)=N1. The van der Waals surface area contributed by atoms with Gasteiger partial charge in [0.2, 0.25) is 0 Å². The lowest BCUT2D eigenvalue weighted by atomic mass is 9.92. The first kappa shape index (κ1) is 23.1. The van der Waals surface area contributed by atoms with Crippen LogP contribution in [0.5, 0.6) is 0 Å². The zero-order valence-corrected chi connectivity index (χ0v) is 17.7. The lowest BCUT2D eigenvalue weighted by Gasteiger charge is -2.23. The number of esters is 1. The molecular formula is C23H21F3N2O4. The smallest absolute Gasteiger partial charge is 0.431 e. The van der Waals surface area contributed by atoms with Gasteiger partial charge in [0.05, 0.1) is 27.0 Å². The second-order valence-corrected chi connectivity index (χ2v) is 7.20. The molecule has 0 amide bonds. The van der Waals surface area contributed by atoms with Gasteiger partial charge in [-0.1, -0.05) is 30.3 Å². The van der Waals surface area contributed by atoms with Gasteiger partial charge in [0.25, 0.3) is 0 Å². The lowest BCUT2D eigenvalue weighted by Crippen LogP contribution is -2.36. The van der Waals surface area contributed by atoms with Crippen molar-refractivity contribution in [3.8, 4) is 0 Å². The maximum absolute atomic E-state index is 13.2. The number of hydrogen-bond donors (Lipinski definition) is 0. The number of hydrogen-bond acceptors (Lipinski definition) is 6. The van der Waals surface area contributed by atoms with Crippen LogP contribution in [0.25, 0.3) is 16.3 Å². The predicted octanol–water partition coefficient (Wildman–Crippen LogP) is 3.90. The maximum Gasteiger partial charge on any atom is 0.431 e. The van der Waals surface area contributed by atoms with Crippen molar-refractivity contribution in [1.29, 1.82) is 0 Å². The Hall–Kier alpha value is -3.62. The van der Waals surface area contributed by atoms with Gasteiger partial charge in [-0.25, -0.2) is 9.79 Å². The van der Waals surface area contributed by atoms with Crippen LogP contribution in [0.4, 0.5) is 13.2 Å². The molecule has 6 nitrogen and oxygen atoms in total. The molecule has 0 aliphatic carbocycles. The molecule has 168 valence electrons. The van der Waals surface area contributed by atoms with Crippen molar-refractivity contribution in [2.75, 3.05) is 27.8 Å². The van der Waals surface area contributed by atoms with E-state index in [1.54, 1.807) is 12.1 Å². The van der Waals surface area contributed by atoms with E-state index in [1.807, 2.05) is 24.3 Å². The summed E-state index contributed by atoms with van der Waals surface area (Å²) < 4.78 is 49.4. The van der Waals surface area contributed by atoms with Crippen molar-refractivity contribution < 1.29 is 32.2 Å². The monoisotopic (exact) mass is 446 g/mol. The maximum atomic E-state index is 13.2. The van der Waals surface area contributed by atoms with E-state index in [0.717, 1.165) is 10.8 Å². The molecule has 0 radical (unpaired) electrons. The highest BCUT2D eigenvalue weighted by atomic mass is 19.4. The molecule has 1 aliphatic rings. The standard InChI is InChI=1S/C23H21F3N2O4/c1-28-11-19(27-21(12-28)23(24,25)26)20(29)10-16-8-14-6-4-5-7-15(14)9-17(16)18(13-31-2)22(30)32-3/h4-9,11,13H,10,12H2,1-3H3. The molecule has 0 unspecified atom stereocenters. The average Bonchev–Trinajstić information content (AvgIpc) is 2.75. The van der Waals surface area contributed by atoms with Crippen LogP contribution >= 0.6 is 0 Å². The van der Waals surface area contributed by atoms with Gasteiger partial charge in [-0.2, -0.15) is 13.2 Å². The molecular weight excluding hydrogens is 425 g/mol. The number of fused-ring (bicyclic) bond motifs is 1. The van der Waals surface area contributed by atoms with E-state index >= 15 is 0 Å². The Morgan fingerprint density at radius 2 is 1.81 bits per heavy atom. The summed E-state index contributed by atoms with van der Waals surface area (Å²) in [5, 5.41) is 1.61. The zero-order valence-electron chi connectivity index (χ0n) is 17.7. The molecule has 0 N–H and O–H groups in total. The first-order valence-electron chi connectivity index (χ1n) is 9.57. The summed E-state index contributed by atoms with van der Waals surface area (Å²) in [7, 11) is 4.02. The fourth-order valence-corrected chi connectivity index (χ4v) is 3.38. The number of rotatable bonds is 6. The van der Waals surface area contributed by atoms with Crippen LogP contribution in [-0.4, -0.2) is 56.4 Å². The van der Waals surface area contributed by atoms with Gasteiger partial charge in [0, 0.05) is 19.7 Å². The zero-order chi connectivity index (χ0) is 23.5. The minimum Gasteiger partial charge on any atom is -0.503 e. The fraction of sp³-hybridized carbons (Fsp3) is 0.261. The van der Waals surface area contributed by atoms with E-state index in [4.69, 9.17) is 9.47 Å². The predicted molar refractivity (Wildman–Crippen MR) is 114 cm³/mol. The summed E-state index contributed by atoms with van der Waals surface area (Å²) in [5.74, 6) is -1.29. The number of Topliss-reactive ketones (excluding diaryl/α,β-unsaturated/α-hetero) is 1. The number of ketones is 1. The molecule has 0 saturated carbocycles. The Morgan fingerprint density at radius 1 is 1.16 bits per heavy atom. The molecule has 0 saturated heterocycles. The summed E-state index contributed by atoms with van der Waals surface area (Å²) in [5.41, 5.74) is -0.451. The number of aliphatic imine (C=N–C) groups is 1. The van der Waals surface area contributed by atoms with E-state index in [2.05, 4.69) is 4.99 Å². The first-order chi connectivity index (χ1) is 15.1. The van der Waals surface area contributed by atoms with Crippen molar-refractivity contribution in [2.24, 2.45) is 4.99 Å². The van der Waals surface area contributed by atoms with Gasteiger partial charge in [-0.15, -0.1) is 0 Å². The molecule has 32 heavy (non-hydrogen) atoms. The fourth-order valence-electron chi connectivity index (χ4n) is 3.38. The minimum absolute atomic E-state index is 0.0813. The Bertz CT molecular complexity index is 1150. The lowest BCUT2D eigenvalue weighted by molar-refractivity contribution is -0.133. The number of halogens is 3. The molecule has 0 spiro atoms. The van der Waals surface area contributed by atoms with E-state index in [1.165, 1.54) is 38.6 Å². The van der Waals surface area contributed by atoms with E-state index in [-0.39, 0.29) is 17.7 Å². The number of benzene rings is 2. The highest BCUT2D eigenvalue weighted by Gasteiger charge is 2.38. The second kappa shape index (κ2) is 9.25. The summed E-state index contributed by atoms with van der Waals surface area (Å²) in [6.07, 6.45) is -2.42. The number of ether oxygens (including phenoxy) is 2.